The lowest BCUT2D eigenvalue weighted by molar-refractivity contribution is 0.0620. The van der Waals surface area contributed by atoms with Crippen molar-refractivity contribution in [3.63, 3.8) is 0 Å². The van der Waals surface area contributed by atoms with Gasteiger partial charge in [-0.25, -0.2) is 0 Å². The fourth-order valence-electron chi connectivity index (χ4n) is 2.64. The monoisotopic (exact) mass is 322 g/mol. The van der Waals surface area contributed by atoms with Gasteiger partial charge in [0.15, 0.2) is 0 Å². The Hall–Kier alpha value is -2.14. The number of anilines is 1. The van der Waals surface area contributed by atoms with Gasteiger partial charge in [-0.2, -0.15) is 0 Å². The highest BCUT2D eigenvalue weighted by Gasteiger charge is 2.34. The van der Waals surface area contributed by atoms with E-state index in [9.17, 15) is 4.79 Å². The van der Waals surface area contributed by atoms with E-state index in [1.54, 1.807) is 12.1 Å². The molecule has 1 aliphatic rings. The number of carbonyl (C=O) groups is 1. The van der Waals surface area contributed by atoms with Crippen LogP contribution in [0.1, 0.15) is 42.2 Å². The molecule has 6 heteroatoms. The Labute approximate surface area is 135 Å². The van der Waals surface area contributed by atoms with Crippen molar-refractivity contribution in [3.8, 4) is 5.75 Å². The Morgan fingerprint density at radius 2 is 2.14 bits per heavy atom. The fraction of sp³-hybridized carbons (Fsp3) is 0.312. The van der Waals surface area contributed by atoms with Gasteiger partial charge >= 0.3 is 0 Å². The average molecular weight is 323 g/mol. The zero-order valence-electron chi connectivity index (χ0n) is 12.5. The highest BCUT2D eigenvalue weighted by molar-refractivity contribution is 5.94. The van der Waals surface area contributed by atoms with Crippen LogP contribution in [-0.4, -0.2) is 11.5 Å². The van der Waals surface area contributed by atoms with Crippen molar-refractivity contribution in [1.29, 1.82) is 0 Å². The number of fused-ring (bicyclic) bond motifs is 1. The SMILES string of the molecule is CC1(C)CC(NC(=O)c2ccoc2)c2cc(N)ccc2O1.Cl. The van der Waals surface area contributed by atoms with Gasteiger partial charge in [0.2, 0.25) is 0 Å². The molecule has 22 heavy (non-hydrogen) atoms. The largest absolute Gasteiger partial charge is 0.487 e. The maximum Gasteiger partial charge on any atom is 0.255 e. The number of nitrogens with one attached hydrogen (secondary N) is 1. The maximum atomic E-state index is 12.2. The molecule has 0 radical (unpaired) electrons. The highest BCUT2D eigenvalue weighted by Crippen LogP contribution is 2.40. The van der Waals surface area contributed by atoms with Crippen LogP contribution in [0.4, 0.5) is 5.69 Å². The topological polar surface area (TPSA) is 77.5 Å². The lowest BCUT2D eigenvalue weighted by Gasteiger charge is -2.38. The molecule has 0 fully saturated rings. The third-order valence-electron chi connectivity index (χ3n) is 3.58. The molecule has 0 saturated heterocycles. The number of amides is 1. The standard InChI is InChI=1S/C16H18N2O3.ClH/c1-16(2)8-13(18-15(19)10-5-6-20-9-10)12-7-11(17)3-4-14(12)21-16;/h3-7,9,13H,8,17H2,1-2H3,(H,18,19);1H. The summed E-state index contributed by atoms with van der Waals surface area (Å²) in [4.78, 5) is 12.2. The second-order valence-corrected chi connectivity index (χ2v) is 5.90. The zero-order chi connectivity index (χ0) is 15.0. The molecule has 0 bridgehead atoms. The van der Waals surface area contributed by atoms with E-state index >= 15 is 0 Å². The van der Waals surface area contributed by atoms with Gasteiger partial charge < -0.3 is 20.2 Å². The molecule has 118 valence electrons. The van der Waals surface area contributed by atoms with E-state index in [4.69, 9.17) is 14.9 Å². The van der Waals surface area contributed by atoms with Gasteiger partial charge in [0.25, 0.3) is 5.91 Å². The number of hydrogen-bond acceptors (Lipinski definition) is 4. The van der Waals surface area contributed by atoms with E-state index in [-0.39, 0.29) is 30.0 Å². The Morgan fingerprint density at radius 1 is 1.36 bits per heavy atom. The van der Waals surface area contributed by atoms with E-state index in [2.05, 4.69) is 5.32 Å². The lowest BCUT2D eigenvalue weighted by Crippen LogP contribution is -2.41. The molecule has 1 aromatic carbocycles. The summed E-state index contributed by atoms with van der Waals surface area (Å²) in [5, 5.41) is 3.03. The van der Waals surface area contributed by atoms with Gasteiger partial charge in [0, 0.05) is 17.7 Å². The Kier molecular flexibility index (Phi) is 4.37. The molecule has 3 rings (SSSR count). The van der Waals surface area contributed by atoms with Crippen LogP contribution in [0.2, 0.25) is 0 Å². The third kappa shape index (κ3) is 3.20. The Bertz CT molecular complexity index is 668. The van der Waals surface area contributed by atoms with Crippen LogP contribution in [0.25, 0.3) is 0 Å². The summed E-state index contributed by atoms with van der Waals surface area (Å²) >= 11 is 0. The van der Waals surface area contributed by atoms with E-state index in [0.717, 1.165) is 11.3 Å². The molecular weight excluding hydrogens is 304 g/mol. The number of furan rings is 1. The van der Waals surface area contributed by atoms with E-state index in [1.807, 2.05) is 26.0 Å². The number of rotatable bonds is 2. The second-order valence-electron chi connectivity index (χ2n) is 5.90. The van der Waals surface area contributed by atoms with Crippen molar-refractivity contribution in [2.75, 3.05) is 5.73 Å². The fourth-order valence-corrected chi connectivity index (χ4v) is 2.64. The van der Waals surface area contributed by atoms with Crippen molar-refractivity contribution in [2.45, 2.75) is 31.9 Å². The molecule has 1 aromatic heterocycles. The number of benzene rings is 1. The van der Waals surface area contributed by atoms with Gasteiger partial charge in [-0.15, -0.1) is 12.4 Å². The number of ether oxygens (including phenoxy) is 1. The van der Waals surface area contributed by atoms with Crippen LogP contribution in [0.15, 0.2) is 41.2 Å². The van der Waals surface area contributed by atoms with Crippen molar-refractivity contribution in [3.05, 3.63) is 47.9 Å². The summed E-state index contributed by atoms with van der Waals surface area (Å²) in [5.74, 6) is 0.595. The van der Waals surface area contributed by atoms with Crippen LogP contribution in [0.3, 0.4) is 0 Å². The first-order valence-electron chi connectivity index (χ1n) is 6.86. The second kappa shape index (κ2) is 5.93. The predicted octanol–water partition coefficient (Wildman–Crippen LogP) is 3.32. The molecule has 0 saturated carbocycles. The molecule has 0 spiro atoms. The number of carbonyl (C=O) groups excluding carboxylic acids is 1. The molecule has 0 aliphatic carbocycles. The molecule has 1 amide bonds. The zero-order valence-corrected chi connectivity index (χ0v) is 13.3. The summed E-state index contributed by atoms with van der Waals surface area (Å²) < 4.78 is 10.9. The van der Waals surface area contributed by atoms with Gasteiger partial charge in [-0.3, -0.25) is 4.79 Å². The van der Waals surface area contributed by atoms with Crippen LogP contribution in [-0.2, 0) is 0 Å². The van der Waals surface area contributed by atoms with Crippen LogP contribution in [0, 0.1) is 0 Å². The molecule has 2 aromatic rings. The van der Waals surface area contributed by atoms with Crippen LogP contribution >= 0.6 is 12.4 Å². The highest BCUT2D eigenvalue weighted by atomic mass is 35.5. The Balaban J connectivity index is 0.00000176. The van der Waals surface area contributed by atoms with Gasteiger partial charge in [-0.05, 0) is 38.1 Å². The summed E-state index contributed by atoms with van der Waals surface area (Å²) in [6.07, 6.45) is 3.59. The van der Waals surface area contributed by atoms with E-state index < -0.39 is 0 Å². The minimum atomic E-state index is -0.350. The number of hydrogen-bond donors (Lipinski definition) is 2. The number of halogens is 1. The first kappa shape index (κ1) is 16.2. The molecule has 1 unspecified atom stereocenters. The molecular formula is C16H19ClN2O3. The quantitative estimate of drug-likeness (QED) is 0.831. The summed E-state index contributed by atoms with van der Waals surface area (Å²) in [6, 6.07) is 7.00. The van der Waals surface area contributed by atoms with Crippen LogP contribution < -0.4 is 15.8 Å². The molecule has 3 N–H and O–H groups in total. The first-order valence-corrected chi connectivity index (χ1v) is 6.86. The summed E-state index contributed by atoms with van der Waals surface area (Å²) in [7, 11) is 0. The predicted molar refractivity (Wildman–Crippen MR) is 86.3 cm³/mol. The molecule has 1 atom stereocenters. The smallest absolute Gasteiger partial charge is 0.255 e. The van der Waals surface area contributed by atoms with Crippen molar-refractivity contribution >= 4 is 24.0 Å². The number of nitrogens with two attached hydrogens (primary N) is 1. The lowest BCUT2D eigenvalue weighted by atomic mass is 9.89. The minimum absolute atomic E-state index is 0. The first-order chi connectivity index (χ1) is 9.94. The van der Waals surface area contributed by atoms with Crippen LogP contribution in [0.5, 0.6) is 5.75 Å². The maximum absolute atomic E-state index is 12.2. The van der Waals surface area contributed by atoms with Crippen molar-refractivity contribution < 1.29 is 13.9 Å². The van der Waals surface area contributed by atoms with Gasteiger partial charge in [0.05, 0.1) is 17.9 Å². The molecule has 1 aliphatic heterocycles. The summed E-state index contributed by atoms with van der Waals surface area (Å²) in [5.41, 5.74) is 7.57. The van der Waals surface area contributed by atoms with Crippen molar-refractivity contribution in [1.82, 2.24) is 5.32 Å². The normalized spacial score (nSPS) is 18.5. The average Bonchev–Trinajstić information content (AvgIpc) is 2.93. The van der Waals surface area contributed by atoms with Gasteiger partial charge in [-0.1, -0.05) is 0 Å². The molecule has 2 heterocycles. The molecule has 5 nitrogen and oxygen atoms in total. The van der Waals surface area contributed by atoms with Gasteiger partial charge in [0.1, 0.15) is 17.6 Å². The van der Waals surface area contributed by atoms with E-state index in [1.165, 1.54) is 12.5 Å². The van der Waals surface area contributed by atoms with Crippen molar-refractivity contribution in [2.24, 2.45) is 0 Å². The number of nitrogen functional groups attached to an aromatic ring is 1. The Morgan fingerprint density at radius 3 is 2.82 bits per heavy atom. The minimum Gasteiger partial charge on any atom is -0.487 e. The summed E-state index contributed by atoms with van der Waals surface area (Å²) in [6.45, 7) is 4.01. The third-order valence-corrected chi connectivity index (χ3v) is 3.58. The van der Waals surface area contributed by atoms with E-state index in [0.29, 0.717) is 17.7 Å².